The lowest BCUT2D eigenvalue weighted by atomic mass is 9.44. The van der Waals surface area contributed by atoms with Crippen LogP contribution < -0.4 is 0 Å². The largest absolute Gasteiger partial charge is 0.393 e. The SMILES string of the molecule is COC12C=C(N=Nc3ccc([N+](=O)[O-])cc3[N+](=O)[O-])CC[C@]1(C)[C@H]1CC[C@]3(C)[C@@H](O)CC[C@H]3[C@@H]1CC2. The van der Waals surface area contributed by atoms with Crippen LogP contribution in [0, 0.1) is 48.8 Å². The molecular formula is C26H34N4O6. The Morgan fingerprint density at radius 2 is 1.78 bits per heavy atom. The smallest absolute Gasteiger partial charge is 0.303 e. The lowest BCUT2D eigenvalue weighted by Crippen LogP contribution is -2.61. The Morgan fingerprint density at radius 1 is 1.00 bits per heavy atom. The van der Waals surface area contributed by atoms with Crippen molar-refractivity contribution in [3.05, 3.63) is 50.2 Å². The first-order chi connectivity index (χ1) is 17.0. The Labute approximate surface area is 210 Å². The van der Waals surface area contributed by atoms with Crippen LogP contribution in [0.5, 0.6) is 0 Å². The fourth-order valence-corrected chi connectivity index (χ4v) is 8.24. The van der Waals surface area contributed by atoms with Crippen molar-refractivity contribution in [3.63, 3.8) is 0 Å². The van der Waals surface area contributed by atoms with Gasteiger partial charge >= 0.3 is 5.69 Å². The highest BCUT2D eigenvalue weighted by molar-refractivity contribution is 5.61. The number of benzene rings is 1. The number of nitro groups is 2. The molecule has 3 saturated carbocycles. The van der Waals surface area contributed by atoms with Crippen LogP contribution >= 0.6 is 0 Å². The van der Waals surface area contributed by atoms with E-state index < -0.39 is 21.1 Å². The summed E-state index contributed by atoms with van der Waals surface area (Å²) in [6.45, 7) is 4.62. The molecule has 4 aliphatic carbocycles. The van der Waals surface area contributed by atoms with Crippen molar-refractivity contribution in [1.82, 2.24) is 0 Å². The quantitative estimate of drug-likeness (QED) is 0.289. The van der Waals surface area contributed by atoms with Crippen molar-refractivity contribution in [2.75, 3.05) is 7.11 Å². The second-order valence-corrected chi connectivity index (χ2v) is 11.6. The second-order valence-electron chi connectivity index (χ2n) is 11.6. The van der Waals surface area contributed by atoms with Gasteiger partial charge in [-0.3, -0.25) is 20.2 Å². The zero-order chi connectivity index (χ0) is 25.9. The molecule has 0 saturated heterocycles. The molecule has 1 aromatic rings. The van der Waals surface area contributed by atoms with Crippen LogP contribution in [0.1, 0.15) is 65.2 Å². The molecular weight excluding hydrogens is 464 g/mol. The molecule has 0 radical (unpaired) electrons. The standard InChI is InChI=1S/C26H34N4O6/c1-24-11-10-20-18(19(24)5-7-23(24)31)9-13-26(36-3)15-16(8-12-25(20,26)2)27-28-21-6-4-17(29(32)33)14-22(21)30(34)35/h4,6,14-15,18-20,23,31H,5,7-13H2,1-3H3/t18-,19-,20-,23-,24-,25+,26?/m0/s1. The second kappa shape index (κ2) is 8.69. The van der Waals surface area contributed by atoms with Gasteiger partial charge in [0.1, 0.15) is 0 Å². The predicted octanol–water partition coefficient (Wildman–Crippen LogP) is 6.25. The Balaban J connectivity index is 1.44. The molecule has 7 atom stereocenters. The molecule has 10 heteroatoms. The number of allylic oxidation sites excluding steroid dienone is 1. The van der Waals surface area contributed by atoms with E-state index in [1.54, 1.807) is 7.11 Å². The van der Waals surface area contributed by atoms with Crippen LogP contribution in [-0.4, -0.2) is 33.8 Å². The summed E-state index contributed by atoms with van der Waals surface area (Å²) in [5.74, 6) is 1.62. The Hall–Kier alpha value is -2.72. The number of ether oxygens (including phenoxy) is 1. The maximum absolute atomic E-state index is 11.5. The molecule has 5 rings (SSSR count). The summed E-state index contributed by atoms with van der Waals surface area (Å²) in [5, 5.41) is 41.7. The highest BCUT2D eigenvalue weighted by atomic mass is 16.6. The first kappa shape index (κ1) is 25.0. The van der Waals surface area contributed by atoms with E-state index in [9.17, 15) is 25.3 Å². The molecule has 1 aromatic carbocycles. The molecule has 194 valence electrons. The van der Waals surface area contributed by atoms with Crippen LogP contribution in [0.15, 0.2) is 40.2 Å². The van der Waals surface area contributed by atoms with Crippen molar-refractivity contribution in [3.8, 4) is 0 Å². The number of non-ortho nitro benzene ring substituents is 1. The average Bonchev–Trinajstić information content (AvgIpc) is 3.16. The zero-order valence-electron chi connectivity index (χ0n) is 21.1. The van der Waals surface area contributed by atoms with Crippen molar-refractivity contribution in [1.29, 1.82) is 0 Å². The van der Waals surface area contributed by atoms with Crippen molar-refractivity contribution >= 4 is 17.1 Å². The summed E-state index contributed by atoms with van der Waals surface area (Å²) in [4.78, 5) is 21.1. The number of hydrogen-bond donors (Lipinski definition) is 1. The maximum Gasteiger partial charge on any atom is 0.303 e. The lowest BCUT2D eigenvalue weighted by molar-refractivity contribution is -0.393. The Kier molecular flexibility index (Phi) is 6.02. The molecule has 0 bridgehead atoms. The van der Waals surface area contributed by atoms with E-state index in [2.05, 4.69) is 30.2 Å². The molecule has 4 aliphatic rings. The molecule has 1 N–H and O–H groups in total. The summed E-state index contributed by atoms with van der Waals surface area (Å²) in [5.41, 5.74) is -0.639. The van der Waals surface area contributed by atoms with Gasteiger partial charge in [-0.05, 0) is 86.7 Å². The van der Waals surface area contributed by atoms with Gasteiger partial charge in [0.2, 0.25) is 0 Å². The molecule has 10 nitrogen and oxygen atoms in total. The number of nitrogens with zero attached hydrogens (tertiary/aromatic N) is 4. The van der Waals surface area contributed by atoms with E-state index in [1.165, 1.54) is 12.1 Å². The van der Waals surface area contributed by atoms with Gasteiger partial charge in [0.25, 0.3) is 5.69 Å². The molecule has 0 amide bonds. The van der Waals surface area contributed by atoms with Gasteiger partial charge in [0.05, 0.1) is 33.3 Å². The van der Waals surface area contributed by atoms with Gasteiger partial charge in [0, 0.05) is 18.6 Å². The molecule has 36 heavy (non-hydrogen) atoms. The third-order valence-electron chi connectivity index (χ3n) is 10.3. The van der Waals surface area contributed by atoms with Crippen LogP contribution in [-0.2, 0) is 4.74 Å². The molecule has 0 spiro atoms. The van der Waals surface area contributed by atoms with E-state index in [0.717, 1.165) is 56.7 Å². The van der Waals surface area contributed by atoms with E-state index in [0.29, 0.717) is 24.2 Å². The molecule has 0 aliphatic heterocycles. The highest BCUT2D eigenvalue weighted by Crippen LogP contribution is 2.67. The normalized spacial score (nSPS) is 39.7. The van der Waals surface area contributed by atoms with Gasteiger partial charge < -0.3 is 9.84 Å². The Bertz CT molecular complexity index is 1150. The monoisotopic (exact) mass is 498 g/mol. The summed E-state index contributed by atoms with van der Waals surface area (Å²) in [6.07, 6.45) is 9.44. The van der Waals surface area contributed by atoms with Crippen LogP contribution in [0.4, 0.5) is 17.1 Å². The topological polar surface area (TPSA) is 140 Å². The number of hydrogen-bond acceptors (Lipinski definition) is 8. The minimum atomic E-state index is -0.678. The Morgan fingerprint density at radius 3 is 2.47 bits per heavy atom. The van der Waals surface area contributed by atoms with Crippen LogP contribution in [0.25, 0.3) is 0 Å². The third-order valence-corrected chi connectivity index (χ3v) is 10.3. The number of aliphatic hydroxyl groups excluding tert-OH is 1. The van der Waals surface area contributed by atoms with Gasteiger partial charge in [-0.2, -0.15) is 5.11 Å². The van der Waals surface area contributed by atoms with Crippen molar-refractivity contribution in [2.45, 2.75) is 76.9 Å². The van der Waals surface area contributed by atoms with E-state index in [1.807, 2.05) is 0 Å². The van der Waals surface area contributed by atoms with Gasteiger partial charge in [-0.1, -0.05) is 13.8 Å². The lowest BCUT2D eigenvalue weighted by Gasteiger charge is -2.63. The van der Waals surface area contributed by atoms with Gasteiger partial charge in [-0.25, -0.2) is 0 Å². The molecule has 3 fully saturated rings. The molecule has 0 heterocycles. The van der Waals surface area contributed by atoms with Crippen molar-refractivity contribution < 1.29 is 19.7 Å². The first-order valence-corrected chi connectivity index (χ1v) is 12.8. The van der Waals surface area contributed by atoms with E-state index >= 15 is 0 Å². The van der Waals surface area contributed by atoms with Crippen molar-refractivity contribution in [2.24, 2.45) is 38.8 Å². The van der Waals surface area contributed by atoms with Gasteiger partial charge in [0.15, 0.2) is 5.69 Å². The van der Waals surface area contributed by atoms with Crippen LogP contribution in [0.3, 0.4) is 0 Å². The maximum atomic E-state index is 11.5. The summed E-state index contributed by atoms with van der Waals surface area (Å²) < 4.78 is 6.27. The number of nitro benzene ring substituents is 2. The number of azo groups is 1. The summed E-state index contributed by atoms with van der Waals surface area (Å²) in [6, 6.07) is 3.37. The number of aliphatic hydroxyl groups is 1. The van der Waals surface area contributed by atoms with E-state index in [-0.39, 0.29) is 28.3 Å². The third kappa shape index (κ3) is 3.60. The number of methoxy groups -OCH3 is 1. The fourth-order valence-electron chi connectivity index (χ4n) is 8.24. The average molecular weight is 499 g/mol. The molecule has 0 aromatic heterocycles. The number of fused-ring (bicyclic) bond motifs is 5. The predicted molar refractivity (Wildman–Crippen MR) is 132 cm³/mol. The van der Waals surface area contributed by atoms with Crippen LogP contribution in [0.2, 0.25) is 0 Å². The number of rotatable bonds is 5. The van der Waals surface area contributed by atoms with E-state index in [4.69, 9.17) is 4.74 Å². The minimum Gasteiger partial charge on any atom is -0.393 e. The molecule has 1 unspecified atom stereocenters. The summed E-state index contributed by atoms with van der Waals surface area (Å²) >= 11 is 0. The fraction of sp³-hybridized carbons (Fsp3) is 0.692. The minimum absolute atomic E-state index is 0.0126. The highest BCUT2D eigenvalue weighted by Gasteiger charge is 2.64. The first-order valence-electron chi connectivity index (χ1n) is 12.8. The van der Waals surface area contributed by atoms with Gasteiger partial charge in [-0.15, -0.1) is 5.11 Å². The zero-order valence-corrected chi connectivity index (χ0v) is 21.1. The summed E-state index contributed by atoms with van der Waals surface area (Å²) in [7, 11) is 1.75.